The Balaban J connectivity index is 1.72. The van der Waals surface area contributed by atoms with Gasteiger partial charge in [-0.25, -0.2) is 4.68 Å². The Morgan fingerprint density at radius 1 is 1.16 bits per heavy atom. The maximum absolute atomic E-state index is 6.43. The van der Waals surface area contributed by atoms with Crippen LogP contribution in [-0.2, 0) is 0 Å². The monoisotopic (exact) mass is 375 g/mol. The molecule has 4 rings (SSSR count). The molecule has 0 fully saturated rings. The van der Waals surface area contributed by atoms with Crippen LogP contribution in [0.2, 0.25) is 10.0 Å². The van der Waals surface area contributed by atoms with Crippen LogP contribution in [0, 0.1) is 0 Å². The van der Waals surface area contributed by atoms with Crippen molar-refractivity contribution in [3.63, 3.8) is 0 Å². The molecule has 1 N–H and O–H groups in total. The molecule has 0 spiro atoms. The van der Waals surface area contributed by atoms with E-state index in [2.05, 4.69) is 20.8 Å². The van der Waals surface area contributed by atoms with Gasteiger partial charge in [0, 0.05) is 10.0 Å². The van der Waals surface area contributed by atoms with E-state index < -0.39 is 0 Å². The Kier molecular flexibility index (Phi) is 4.23. The summed E-state index contributed by atoms with van der Waals surface area (Å²) in [5.41, 5.74) is 2.07. The van der Waals surface area contributed by atoms with Crippen molar-refractivity contribution >= 4 is 29.2 Å². The average molecular weight is 376 g/mol. The number of tetrazole rings is 1. The third-order valence-electron chi connectivity index (χ3n) is 4.39. The van der Waals surface area contributed by atoms with Crippen LogP contribution in [0.15, 0.2) is 42.5 Å². The molecular formula is C17H15Cl2N5O. The second-order valence-corrected chi connectivity index (χ2v) is 6.68. The van der Waals surface area contributed by atoms with Gasteiger partial charge in [0.25, 0.3) is 0 Å². The number of ether oxygens (including phenoxy) is 1. The van der Waals surface area contributed by atoms with Gasteiger partial charge in [-0.3, -0.25) is 0 Å². The molecular weight excluding hydrogens is 361 g/mol. The van der Waals surface area contributed by atoms with Gasteiger partial charge in [-0.15, -0.1) is 0 Å². The van der Waals surface area contributed by atoms with Gasteiger partial charge in [0.1, 0.15) is 5.75 Å². The minimum absolute atomic E-state index is 0.0566. The number of hydrogen-bond donors (Lipinski definition) is 1. The standard InChI is InChI=1S/C17H15Cl2N5O/c1-25-12-5-2-10(3-6-12)15-9-16(24-17(20-15)21-22-23-24)13-7-4-11(18)8-14(13)19/h2-8,15-16H,9H2,1H3,(H,20,21,23)/t15-,16+/m0/s1. The molecule has 2 heterocycles. The number of nitrogens with one attached hydrogen (secondary N) is 1. The van der Waals surface area contributed by atoms with Crippen molar-refractivity contribution in [2.75, 3.05) is 12.4 Å². The Morgan fingerprint density at radius 2 is 1.96 bits per heavy atom. The fourth-order valence-electron chi connectivity index (χ4n) is 3.12. The van der Waals surface area contributed by atoms with Gasteiger partial charge in [0.15, 0.2) is 0 Å². The van der Waals surface area contributed by atoms with Crippen LogP contribution in [0.5, 0.6) is 5.75 Å². The molecule has 0 unspecified atom stereocenters. The lowest BCUT2D eigenvalue weighted by Crippen LogP contribution is -2.28. The van der Waals surface area contributed by atoms with E-state index in [1.807, 2.05) is 36.4 Å². The first kappa shape index (κ1) is 16.2. The van der Waals surface area contributed by atoms with Crippen molar-refractivity contribution in [3.8, 4) is 5.75 Å². The maximum Gasteiger partial charge on any atom is 0.243 e. The number of benzene rings is 2. The second-order valence-electron chi connectivity index (χ2n) is 5.83. The summed E-state index contributed by atoms with van der Waals surface area (Å²) in [6.45, 7) is 0. The average Bonchev–Trinajstić information content (AvgIpc) is 3.10. The van der Waals surface area contributed by atoms with Gasteiger partial charge in [0.05, 0.1) is 19.2 Å². The van der Waals surface area contributed by atoms with Crippen molar-refractivity contribution in [1.29, 1.82) is 0 Å². The topological polar surface area (TPSA) is 64.9 Å². The van der Waals surface area contributed by atoms with Crippen molar-refractivity contribution in [2.24, 2.45) is 0 Å². The van der Waals surface area contributed by atoms with Crippen molar-refractivity contribution < 1.29 is 4.74 Å². The number of halogens is 2. The summed E-state index contributed by atoms with van der Waals surface area (Å²) >= 11 is 12.5. The van der Waals surface area contributed by atoms with E-state index in [-0.39, 0.29) is 12.1 Å². The summed E-state index contributed by atoms with van der Waals surface area (Å²) in [4.78, 5) is 0. The van der Waals surface area contributed by atoms with Crippen LogP contribution in [0.25, 0.3) is 0 Å². The zero-order valence-corrected chi connectivity index (χ0v) is 14.9. The zero-order chi connectivity index (χ0) is 17.4. The maximum atomic E-state index is 6.43. The van der Waals surface area contributed by atoms with E-state index in [1.165, 1.54) is 0 Å². The van der Waals surface area contributed by atoms with E-state index >= 15 is 0 Å². The highest BCUT2D eigenvalue weighted by Gasteiger charge is 2.31. The molecule has 25 heavy (non-hydrogen) atoms. The van der Waals surface area contributed by atoms with E-state index in [4.69, 9.17) is 27.9 Å². The van der Waals surface area contributed by atoms with E-state index in [0.29, 0.717) is 16.0 Å². The molecule has 1 aliphatic rings. The van der Waals surface area contributed by atoms with Crippen LogP contribution in [0.3, 0.4) is 0 Å². The molecule has 1 aromatic heterocycles. The predicted molar refractivity (Wildman–Crippen MR) is 96.4 cm³/mol. The zero-order valence-electron chi connectivity index (χ0n) is 13.4. The number of rotatable bonds is 3. The summed E-state index contributed by atoms with van der Waals surface area (Å²) in [7, 11) is 1.65. The Labute approximate surface area is 154 Å². The second kappa shape index (κ2) is 6.54. The van der Waals surface area contributed by atoms with Crippen LogP contribution in [-0.4, -0.2) is 27.3 Å². The molecule has 1 aliphatic heterocycles. The lowest BCUT2D eigenvalue weighted by molar-refractivity contribution is 0.412. The minimum Gasteiger partial charge on any atom is -0.497 e. The molecule has 0 saturated carbocycles. The van der Waals surface area contributed by atoms with Crippen LogP contribution >= 0.6 is 23.2 Å². The Morgan fingerprint density at radius 3 is 2.68 bits per heavy atom. The van der Waals surface area contributed by atoms with E-state index in [1.54, 1.807) is 17.9 Å². The van der Waals surface area contributed by atoms with Gasteiger partial charge < -0.3 is 10.1 Å². The summed E-state index contributed by atoms with van der Waals surface area (Å²) in [6.07, 6.45) is 0.756. The van der Waals surface area contributed by atoms with Crippen LogP contribution in [0.4, 0.5) is 5.95 Å². The smallest absolute Gasteiger partial charge is 0.243 e. The summed E-state index contributed by atoms with van der Waals surface area (Å²) in [6, 6.07) is 13.4. The number of fused-ring (bicyclic) bond motifs is 1. The van der Waals surface area contributed by atoms with Gasteiger partial charge in [-0.2, -0.15) is 0 Å². The molecule has 6 nitrogen and oxygen atoms in total. The molecule has 0 bridgehead atoms. The van der Waals surface area contributed by atoms with Crippen LogP contribution < -0.4 is 10.1 Å². The summed E-state index contributed by atoms with van der Waals surface area (Å²) in [5.74, 6) is 1.43. The predicted octanol–water partition coefficient (Wildman–Crippen LogP) is 4.13. The number of aromatic nitrogens is 4. The van der Waals surface area contributed by atoms with Crippen molar-refractivity contribution in [2.45, 2.75) is 18.5 Å². The van der Waals surface area contributed by atoms with Crippen LogP contribution in [0.1, 0.15) is 29.6 Å². The number of anilines is 1. The molecule has 3 aromatic rings. The lowest BCUT2D eigenvalue weighted by atomic mass is 9.93. The van der Waals surface area contributed by atoms with Gasteiger partial charge in [-0.05, 0) is 52.2 Å². The first-order valence-electron chi connectivity index (χ1n) is 7.79. The lowest BCUT2D eigenvalue weighted by Gasteiger charge is -2.31. The molecule has 2 aromatic carbocycles. The fourth-order valence-corrected chi connectivity index (χ4v) is 3.66. The first-order valence-corrected chi connectivity index (χ1v) is 8.54. The highest BCUT2D eigenvalue weighted by molar-refractivity contribution is 6.35. The van der Waals surface area contributed by atoms with Gasteiger partial charge in [-0.1, -0.05) is 46.5 Å². The first-order chi connectivity index (χ1) is 12.2. The summed E-state index contributed by atoms with van der Waals surface area (Å²) < 4.78 is 6.99. The van der Waals surface area contributed by atoms with Gasteiger partial charge in [0.2, 0.25) is 5.95 Å². The molecule has 0 amide bonds. The third kappa shape index (κ3) is 3.03. The molecule has 0 aliphatic carbocycles. The molecule has 128 valence electrons. The highest BCUT2D eigenvalue weighted by Crippen LogP contribution is 2.40. The quantitative estimate of drug-likeness (QED) is 0.745. The molecule has 0 radical (unpaired) electrons. The largest absolute Gasteiger partial charge is 0.497 e. The van der Waals surface area contributed by atoms with Crippen molar-refractivity contribution in [3.05, 3.63) is 63.6 Å². The van der Waals surface area contributed by atoms with E-state index in [0.717, 1.165) is 23.3 Å². The SMILES string of the molecule is COc1ccc([C@@H]2C[C@H](c3ccc(Cl)cc3Cl)n3nnnc3N2)cc1. The van der Waals surface area contributed by atoms with E-state index in [9.17, 15) is 0 Å². The van der Waals surface area contributed by atoms with Gasteiger partial charge >= 0.3 is 0 Å². The number of hydrogen-bond acceptors (Lipinski definition) is 5. The normalized spacial score (nSPS) is 19.2. The van der Waals surface area contributed by atoms with Crippen molar-refractivity contribution in [1.82, 2.24) is 20.2 Å². The number of nitrogens with zero attached hydrogens (tertiary/aromatic N) is 4. The summed E-state index contributed by atoms with van der Waals surface area (Å²) in [5, 5.41) is 16.6. The minimum atomic E-state index is -0.0804. The molecule has 0 saturated heterocycles. The Bertz CT molecular complexity index is 896. The third-order valence-corrected chi connectivity index (χ3v) is 4.95. The fraction of sp³-hybridized carbons (Fsp3) is 0.235. The molecule has 2 atom stereocenters. The molecule has 8 heteroatoms. The highest BCUT2D eigenvalue weighted by atomic mass is 35.5. The number of methoxy groups -OCH3 is 1. The Hall–Kier alpha value is -2.31.